The highest BCUT2D eigenvalue weighted by Gasteiger charge is 2.20. The van der Waals surface area contributed by atoms with E-state index >= 15 is 0 Å². The van der Waals surface area contributed by atoms with Crippen LogP contribution in [-0.2, 0) is 13.1 Å². The van der Waals surface area contributed by atoms with E-state index < -0.39 is 0 Å². The summed E-state index contributed by atoms with van der Waals surface area (Å²) in [6.07, 6.45) is 7.10. The second kappa shape index (κ2) is 7.41. The molecular weight excluding hydrogens is 252 g/mol. The zero-order chi connectivity index (χ0) is 13.7. The first kappa shape index (κ1) is 15.0. The lowest BCUT2D eigenvalue weighted by atomic mass is 9.94. The van der Waals surface area contributed by atoms with Gasteiger partial charge in [-0.1, -0.05) is 26.2 Å². The molecule has 1 aliphatic carbocycles. The van der Waals surface area contributed by atoms with E-state index in [0.717, 1.165) is 19.1 Å². The fourth-order valence-electron chi connectivity index (χ4n) is 3.17. The third-order valence-corrected chi connectivity index (χ3v) is 5.39. The van der Waals surface area contributed by atoms with Gasteiger partial charge in [0.05, 0.1) is 0 Å². The molecule has 2 nitrogen and oxygen atoms in total. The quantitative estimate of drug-likeness (QED) is 0.849. The smallest absolute Gasteiger partial charge is 0.0296 e. The van der Waals surface area contributed by atoms with Crippen molar-refractivity contribution in [1.82, 2.24) is 10.2 Å². The molecule has 1 fully saturated rings. The summed E-state index contributed by atoms with van der Waals surface area (Å²) in [4.78, 5) is 5.66. The van der Waals surface area contributed by atoms with Gasteiger partial charge in [0.1, 0.15) is 0 Å². The second-order valence-corrected chi connectivity index (χ2v) is 7.02. The van der Waals surface area contributed by atoms with Gasteiger partial charge < -0.3 is 5.32 Å². The molecule has 0 atom stereocenters. The Bertz CT molecular complexity index is 380. The van der Waals surface area contributed by atoms with Crippen LogP contribution >= 0.6 is 11.3 Å². The normalized spacial score (nSPS) is 17.3. The molecule has 1 N–H and O–H groups in total. The predicted octanol–water partition coefficient (Wildman–Crippen LogP) is 3.93. The molecule has 1 aromatic rings. The number of hydrogen-bond acceptors (Lipinski definition) is 3. The average molecular weight is 280 g/mol. The van der Waals surface area contributed by atoms with Crippen molar-refractivity contribution in [1.29, 1.82) is 0 Å². The minimum atomic E-state index is 0.825. The van der Waals surface area contributed by atoms with E-state index in [1.807, 2.05) is 18.4 Å². The molecule has 0 aliphatic heterocycles. The van der Waals surface area contributed by atoms with Crippen molar-refractivity contribution >= 4 is 11.3 Å². The molecule has 1 aromatic heterocycles. The van der Waals surface area contributed by atoms with E-state index in [2.05, 4.69) is 30.1 Å². The third-order valence-electron chi connectivity index (χ3n) is 4.29. The van der Waals surface area contributed by atoms with Gasteiger partial charge in [-0.05, 0) is 45.0 Å². The summed E-state index contributed by atoms with van der Waals surface area (Å²) >= 11 is 1.95. The Balaban J connectivity index is 2.00. The molecule has 0 unspecified atom stereocenters. The maximum atomic E-state index is 3.25. The lowest BCUT2D eigenvalue weighted by Gasteiger charge is -2.33. The summed E-state index contributed by atoms with van der Waals surface area (Å²) in [5, 5.41) is 3.25. The van der Waals surface area contributed by atoms with E-state index in [-0.39, 0.29) is 0 Å². The second-order valence-electron chi connectivity index (χ2n) is 5.68. The van der Waals surface area contributed by atoms with Crippen molar-refractivity contribution in [3.05, 3.63) is 21.4 Å². The van der Waals surface area contributed by atoms with Crippen LogP contribution in [0.15, 0.2) is 6.07 Å². The summed E-state index contributed by atoms with van der Waals surface area (Å²) < 4.78 is 0. The summed E-state index contributed by atoms with van der Waals surface area (Å²) in [6.45, 7) is 7.91. The molecule has 0 bridgehead atoms. The van der Waals surface area contributed by atoms with Gasteiger partial charge in [-0.2, -0.15) is 0 Å². The molecule has 0 aromatic carbocycles. The Morgan fingerprint density at radius 1 is 1.32 bits per heavy atom. The highest BCUT2D eigenvalue weighted by molar-refractivity contribution is 7.12. The zero-order valence-corrected chi connectivity index (χ0v) is 13.5. The Hall–Kier alpha value is -0.380. The molecule has 19 heavy (non-hydrogen) atoms. The summed E-state index contributed by atoms with van der Waals surface area (Å²) in [6, 6.07) is 3.23. The Morgan fingerprint density at radius 2 is 2.05 bits per heavy atom. The van der Waals surface area contributed by atoms with Crippen LogP contribution in [0.5, 0.6) is 0 Å². The van der Waals surface area contributed by atoms with Crippen molar-refractivity contribution in [2.75, 3.05) is 13.6 Å². The van der Waals surface area contributed by atoms with E-state index in [1.165, 1.54) is 48.4 Å². The number of rotatable bonds is 6. The van der Waals surface area contributed by atoms with Gasteiger partial charge in [0, 0.05) is 28.9 Å². The molecular formula is C16H28N2S. The average Bonchev–Trinajstić information content (AvgIpc) is 2.77. The van der Waals surface area contributed by atoms with Crippen LogP contribution in [0.4, 0.5) is 0 Å². The Kier molecular flexibility index (Phi) is 5.86. The third kappa shape index (κ3) is 4.04. The van der Waals surface area contributed by atoms with Crippen LogP contribution in [0.25, 0.3) is 0 Å². The number of aryl methyl sites for hydroxylation is 1. The number of thiophene rings is 1. The van der Waals surface area contributed by atoms with Crippen molar-refractivity contribution < 1.29 is 0 Å². The van der Waals surface area contributed by atoms with Gasteiger partial charge in [-0.3, -0.25) is 4.90 Å². The number of nitrogens with one attached hydrogen (secondary N) is 1. The van der Waals surface area contributed by atoms with Gasteiger partial charge in [-0.25, -0.2) is 0 Å². The molecule has 1 saturated carbocycles. The monoisotopic (exact) mass is 280 g/mol. The molecule has 108 valence electrons. The minimum absolute atomic E-state index is 0.825. The lowest BCUT2D eigenvalue weighted by molar-refractivity contribution is 0.156. The van der Waals surface area contributed by atoms with Gasteiger partial charge in [-0.15, -0.1) is 11.3 Å². The SMILES string of the molecule is CCN(Cc1cc(CNC)sc1C)C1CCCCC1. The lowest BCUT2D eigenvalue weighted by Crippen LogP contribution is -2.36. The largest absolute Gasteiger partial charge is 0.315 e. The van der Waals surface area contributed by atoms with Gasteiger partial charge >= 0.3 is 0 Å². The summed E-state index contributed by atoms with van der Waals surface area (Å²) in [5.41, 5.74) is 1.54. The van der Waals surface area contributed by atoms with Gasteiger partial charge in [0.2, 0.25) is 0 Å². The molecule has 3 heteroatoms. The van der Waals surface area contributed by atoms with Crippen LogP contribution in [0, 0.1) is 6.92 Å². The maximum absolute atomic E-state index is 3.25. The number of hydrogen-bond donors (Lipinski definition) is 1. The van der Waals surface area contributed by atoms with Crippen LogP contribution in [-0.4, -0.2) is 24.5 Å². The first-order valence-electron chi connectivity index (χ1n) is 7.71. The summed E-state index contributed by atoms with van der Waals surface area (Å²) in [7, 11) is 2.02. The van der Waals surface area contributed by atoms with Crippen molar-refractivity contribution in [3.8, 4) is 0 Å². The van der Waals surface area contributed by atoms with E-state index in [4.69, 9.17) is 0 Å². The van der Waals surface area contributed by atoms with E-state index in [9.17, 15) is 0 Å². The van der Waals surface area contributed by atoms with Crippen molar-refractivity contribution in [3.63, 3.8) is 0 Å². The standard InChI is InChI=1S/C16H28N2S/c1-4-18(15-8-6-5-7-9-15)12-14-10-16(11-17-3)19-13(14)2/h10,15,17H,4-9,11-12H2,1-3H3. The molecule has 1 heterocycles. The fraction of sp³-hybridized carbons (Fsp3) is 0.750. The summed E-state index contributed by atoms with van der Waals surface area (Å²) in [5.74, 6) is 0. The molecule has 1 aliphatic rings. The topological polar surface area (TPSA) is 15.3 Å². The van der Waals surface area contributed by atoms with Gasteiger partial charge in [0.15, 0.2) is 0 Å². The van der Waals surface area contributed by atoms with Crippen LogP contribution < -0.4 is 5.32 Å². The Morgan fingerprint density at radius 3 is 2.68 bits per heavy atom. The zero-order valence-electron chi connectivity index (χ0n) is 12.7. The number of nitrogens with zero attached hydrogens (tertiary/aromatic N) is 1. The van der Waals surface area contributed by atoms with Crippen LogP contribution in [0.1, 0.15) is 54.3 Å². The molecule has 0 radical (unpaired) electrons. The maximum Gasteiger partial charge on any atom is 0.0296 e. The van der Waals surface area contributed by atoms with Crippen LogP contribution in [0.3, 0.4) is 0 Å². The molecule has 0 spiro atoms. The van der Waals surface area contributed by atoms with Crippen molar-refractivity contribution in [2.24, 2.45) is 0 Å². The van der Waals surface area contributed by atoms with E-state index in [0.29, 0.717) is 0 Å². The van der Waals surface area contributed by atoms with Crippen molar-refractivity contribution in [2.45, 2.75) is 65.1 Å². The fourth-order valence-corrected chi connectivity index (χ4v) is 4.24. The van der Waals surface area contributed by atoms with Gasteiger partial charge in [0.25, 0.3) is 0 Å². The van der Waals surface area contributed by atoms with Crippen LogP contribution in [0.2, 0.25) is 0 Å². The molecule has 0 amide bonds. The minimum Gasteiger partial charge on any atom is -0.315 e. The predicted molar refractivity (Wildman–Crippen MR) is 84.8 cm³/mol. The highest BCUT2D eigenvalue weighted by atomic mass is 32.1. The molecule has 0 saturated heterocycles. The first-order valence-corrected chi connectivity index (χ1v) is 8.53. The Labute approximate surface area is 122 Å². The molecule has 2 rings (SSSR count). The van der Waals surface area contributed by atoms with E-state index in [1.54, 1.807) is 5.56 Å². The first-order chi connectivity index (χ1) is 9.24. The highest BCUT2D eigenvalue weighted by Crippen LogP contribution is 2.27.